The second-order valence-corrected chi connectivity index (χ2v) is 14.8. The van der Waals surface area contributed by atoms with Gasteiger partial charge >= 0.3 is 5.97 Å². The van der Waals surface area contributed by atoms with E-state index in [0.717, 1.165) is 12.1 Å². The molecule has 12 heteroatoms. The van der Waals surface area contributed by atoms with Gasteiger partial charge in [0.2, 0.25) is 11.8 Å². The van der Waals surface area contributed by atoms with Gasteiger partial charge in [-0.2, -0.15) is 0 Å². The number of rotatable bonds is 7. The number of methoxy groups -OCH3 is 1. The fraction of sp³-hybridized carbons (Fsp3) is 0.452. The molecule has 1 aromatic heterocycles. The Hall–Kier alpha value is -5.39. The number of hydrogen-bond donors (Lipinski definition) is 3. The number of likely N-dealkylation sites (tertiary alicyclic amines) is 1. The van der Waals surface area contributed by atoms with Crippen molar-refractivity contribution in [3.63, 3.8) is 0 Å². The van der Waals surface area contributed by atoms with Crippen LogP contribution >= 0.6 is 0 Å². The maximum absolute atomic E-state index is 13.8. The highest BCUT2D eigenvalue weighted by atomic mass is 16.5. The van der Waals surface area contributed by atoms with Gasteiger partial charge in [0.15, 0.2) is 0 Å². The number of phenols is 2. The molecule has 2 aromatic carbocycles. The van der Waals surface area contributed by atoms with Crippen LogP contribution < -0.4 is 15.6 Å². The van der Waals surface area contributed by atoms with Gasteiger partial charge in [-0.15, -0.1) is 0 Å². The van der Waals surface area contributed by atoms with Crippen molar-refractivity contribution < 1.29 is 38.9 Å². The lowest BCUT2D eigenvalue weighted by atomic mass is 9.83. The molecule has 1 fully saturated rings. The monoisotopic (exact) mass is 739 g/mol. The quantitative estimate of drug-likeness (QED) is 0.269. The Kier molecular flexibility index (Phi) is 11.9. The number of allylic oxidation sites excluding steroid dienone is 1. The van der Waals surface area contributed by atoms with Gasteiger partial charge in [0.1, 0.15) is 34.6 Å². The van der Waals surface area contributed by atoms with Crippen LogP contribution in [0, 0.1) is 5.92 Å². The molecule has 1 saturated heterocycles. The van der Waals surface area contributed by atoms with Crippen LogP contribution in [0.25, 0.3) is 6.08 Å². The molecule has 12 nitrogen and oxygen atoms in total. The van der Waals surface area contributed by atoms with Gasteiger partial charge in [-0.05, 0) is 87.3 Å². The number of aromatic hydroxyl groups is 2. The number of carbonyl (C=O) groups excluding carboxylic acids is 4. The molecule has 3 aliphatic heterocycles. The van der Waals surface area contributed by atoms with Crippen molar-refractivity contribution in [1.82, 2.24) is 14.8 Å². The van der Waals surface area contributed by atoms with Crippen molar-refractivity contribution >= 4 is 29.6 Å². The molecule has 0 aliphatic carbocycles. The second kappa shape index (κ2) is 16.7. The standard InChI is InChI=1S/C42H49N3O9/c1-25-9-7-12-31(46)11-6-4-5-10-29-20-35(47)39(40(50)38(29)42(52)54-25)33(28-15-17-32(53-3)18-16-28)21-36(48)43-26(2)41(51)44-22-27-19-30(24-44)34-13-8-14-37(49)45(34)23-27/h5,8,10,13-18,20,25-27,30,33,47,50H,4,6-7,9,11-12,19,21-24H2,1-3H3,(H,43,48). The van der Waals surface area contributed by atoms with Crippen molar-refractivity contribution in [3.05, 3.63) is 92.9 Å². The molecule has 3 aromatic rings. The third kappa shape index (κ3) is 8.53. The number of amides is 2. The molecule has 4 heterocycles. The third-order valence-electron chi connectivity index (χ3n) is 10.8. The molecule has 5 atom stereocenters. The topological polar surface area (TPSA) is 164 Å². The van der Waals surface area contributed by atoms with E-state index >= 15 is 0 Å². The number of piperidine rings is 1. The lowest BCUT2D eigenvalue weighted by Gasteiger charge is -2.43. The number of fused-ring (bicyclic) bond motifs is 5. The molecule has 0 radical (unpaired) electrons. The molecular weight excluding hydrogens is 690 g/mol. The number of nitrogens with one attached hydrogen (secondary N) is 1. The van der Waals surface area contributed by atoms with E-state index in [0.29, 0.717) is 69.5 Å². The zero-order valence-corrected chi connectivity index (χ0v) is 31.1. The van der Waals surface area contributed by atoms with Crippen LogP contribution in [0.3, 0.4) is 0 Å². The summed E-state index contributed by atoms with van der Waals surface area (Å²) in [6, 6.07) is 12.6. The molecular formula is C42H49N3O9. The number of esters is 1. The molecule has 286 valence electrons. The van der Waals surface area contributed by atoms with Crippen molar-refractivity contribution in [3.8, 4) is 17.2 Å². The summed E-state index contributed by atoms with van der Waals surface area (Å²) in [7, 11) is 1.52. The highest BCUT2D eigenvalue weighted by Gasteiger charge is 2.38. The minimum atomic E-state index is -0.944. The van der Waals surface area contributed by atoms with Crippen molar-refractivity contribution in [2.75, 3.05) is 20.2 Å². The van der Waals surface area contributed by atoms with Crippen LogP contribution in [-0.2, 0) is 25.7 Å². The molecule has 5 unspecified atom stereocenters. The molecule has 0 saturated carbocycles. The summed E-state index contributed by atoms with van der Waals surface area (Å²) in [6.07, 6.45) is 6.52. The lowest BCUT2D eigenvalue weighted by molar-refractivity contribution is -0.138. The number of benzene rings is 2. The minimum Gasteiger partial charge on any atom is -0.507 e. The second-order valence-electron chi connectivity index (χ2n) is 14.8. The average molecular weight is 740 g/mol. The molecule has 3 N–H and O–H groups in total. The van der Waals surface area contributed by atoms with Gasteiger partial charge < -0.3 is 34.5 Å². The number of ketones is 1. The third-order valence-corrected chi connectivity index (χ3v) is 10.8. The summed E-state index contributed by atoms with van der Waals surface area (Å²) in [5, 5.41) is 26.2. The number of cyclic esters (lactones) is 1. The first-order chi connectivity index (χ1) is 25.9. The number of hydrogen-bond acceptors (Lipinski definition) is 9. The molecule has 0 spiro atoms. The number of pyridine rings is 1. The molecule has 2 amide bonds. The smallest absolute Gasteiger partial charge is 0.342 e. The van der Waals surface area contributed by atoms with Gasteiger partial charge in [0.05, 0.1) is 13.2 Å². The van der Waals surface area contributed by atoms with E-state index < -0.39 is 35.7 Å². The Labute approximate surface area is 314 Å². The van der Waals surface area contributed by atoms with Gasteiger partial charge in [-0.3, -0.25) is 19.2 Å². The Morgan fingerprint density at radius 1 is 1.02 bits per heavy atom. The van der Waals surface area contributed by atoms with Crippen molar-refractivity contribution in [2.24, 2.45) is 5.92 Å². The van der Waals surface area contributed by atoms with Crippen LogP contribution in [0.2, 0.25) is 0 Å². The maximum atomic E-state index is 13.8. The van der Waals surface area contributed by atoms with Gasteiger partial charge in [-0.1, -0.05) is 30.4 Å². The van der Waals surface area contributed by atoms with E-state index in [4.69, 9.17) is 9.47 Å². The van der Waals surface area contributed by atoms with Crippen LogP contribution in [0.4, 0.5) is 0 Å². The zero-order valence-electron chi connectivity index (χ0n) is 31.1. The van der Waals surface area contributed by atoms with E-state index in [-0.39, 0.29) is 57.9 Å². The van der Waals surface area contributed by atoms with Gasteiger partial charge in [0.25, 0.3) is 5.56 Å². The fourth-order valence-electron chi connectivity index (χ4n) is 8.14. The number of phenolic OH excluding ortho intramolecular Hbond substituents is 2. The predicted molar refractivity (Wildman–Crippen MR) is 202 cm³/mol. The maximum Gasteiger partial charge on any atom is 0.342 e. The first kappa shape index (κ1) is 38.3. The lowest BCUT2D eigenvalue weighted by Crippen LogP contribution is -2.54. The highest BCUT2D eigenvalue weighted by molar-refractivity contribution is 5.98. The number of Topliss-reactive ketones (excluding diaryl/α,β-unsaturated/α-hetero) is 1. The van der Waals surface area contributed by atoms with E-state index in [9.17, 15) is 34.2 Å². The predicted octanol–water partition coefficient (Wildman–Crippen LogP) is 5.42. The van der Waals surface area contributed by atoms with E-state index in [1.807, 2.05) is 6.07 Å². The fourth-order valence-corrected chi connectivity index (χ4v) is 8.14. The summed E-state index contributed by atoms with van der Waals surface area (Å²) in [6.45, 7) is 4.81. The Bertz CT molecular complexity index is 1990. The molecule has 2 bridgehead atoms. The van der Waals surface area contributed by atoms with Crippen molar-refractivity contribution in [2.45, 2.75) is 95.7 Å². The Morgan fingerprint density at radius 2 is 1.78 bits per heavy atom. The highest BCUT2D eigenvalue weighted by Crippen LogP contribution is 2.44. The van der Waals surface area contributed by atoms with Crippen LogP contribution in [0.5, 0.6) is 17.2 Å². The number of ether oxygens (including phenoxy) is 2. The summed E-state index contributed by atoms with van der Waals surface area (Å²) in [4.78, 5) is 67.8. The summed E-state index contributed by atoms with van der Waals surface area (Å²) >= 11 is 0. The first-order valence-corrected chi connectivity index (χ1v) is 18.8. The zero-order chi connectivity index (χ0) is 38.5. The normalized spacial score (nSPS) is 21.5. The van der Waals surface area contributed by atoms with Crippen LogP contribution in [0.1, 0.15) is 110 Å². The summed E-state index contributed by atoms with van der Waals surface area (Å²) < 4.78 is 12.9. The summed E-state index contributed by atoms with van der Waals surface area (Å²) in [5.41, 5.74) is 1.50. The minimum absolute atomic E-state index is 0.0197. The van der Waals surface area contributed by atoms with Gasteiger partial charge in [-0.25, -0.2) is 4.79 Å². The largest absolute Gasteiger partial charge is 0.507 e. The SMILES string of the molecule is COc1ccc(C(CC(=O)NC(C)C(=O)N2CC3CC(C2)c2cccc(=O)n2C3)c2c(O)cc3c(c2O)C(=O)OC(C)CCCC(=O)CCCC=C3)cc1. The first-order valence-electron chi connectivity index (χ1n) is 18.8. The van der Waals surface area contributed by atoms with E-state index in [2.05, 4.69) is 5.32 Å². The number of aromatic nitrogens is 1. The Balaban J connectivity index is 1.27. The van der Waals surface area contributed by atoms with Crippen molar-refractivity contribution in [1.29, 1.82) is 0 Å². The van der Waals surface area contributed by atoms with Gasteiger partial charge in [0, 0.05) is 68.1 Å². The molecule has 6 rings (SSSR count). The van der Waals surface area contributed by atoms with Crippen LogP contribution in [-0.4, -0.2) is 75.6 Å². The number of nitrogens with zero attached hydrogens (tertiary/aromatic N) is 2. The molecule has 54 heavy (non-hydrogen) atoms. The summed E-state index contributed by atoms with van der Waals surface area (Å²) in [5.74, 6) is -2.46. The molecule has 3 aliphatic rings. The number of carbonyl (C=O) groups is 4. The van der Waals surface area contributed by atoms with E-state index in [1.54, 1.807) is 71.9 Å². The average Bonchev–Trinajstić information content (AvgIpc) is 3.13. The van der Waals surface area contributed by atoms with Crippen LogP contribution in [0.15, 0.2) is 59.4 Å². The Morgan fingerprint density at radius 3 is 2.54 bits per heavy atom. The van der Waals surface area contributed by atoms with E-state index in [1.165, 1.54) is 13.2 Å².